The highest BCUT2D eigenvalue weighted by atomic mass is 16.5. The van der Waals surface area contributed by atoms with Crippen molar-refractivity contribution in [3.8, 4) is 5.75 Å². The lowest BCUT2D eigenvalue weighted by Gasteiger charge is -2.20. The molecule has 30 heavy (non-hydrogen) atoms. The maximum absolute atomic E-state index is 12.6. The molecule has 2 amide bonds. The predicted octanol–water partition coefficient (Wildman–Crippen LogP) is 1.97. The van der Waals surface area contributed by atoms with Crippen LogP contribution in [0.15, 0.2) is 24.3 Å². The van der Waals surface area contributed by atoms with Crippen LogP contribution in [0.2, 0.25) is 0 Å². The maximum atomic E-state index is 12.6. The number of nitrogens with one attached hydrogen (secondary N) is 1. The normalized spacial score (nSPS) is 17.0. The van der Waals surface area contributed by atoms with E-state index < -0.39 is 23.9 Å². The number of hydrogen-bond acceptors (Lipinski definition) is 6. The molecule has 0 unspecified atom stereocenters. The summed E-state index contributed by atoms with van der Waals surface area (Å²) in [5.41, 5.74) is 2.68. The van der Waals surface area contributed by atoms with Gasteiger partial charge in [-0.2, -0.15) is 5.10 Å². The van der Waals surface area contributed by atoms with Crippen LogP contribution < -0.4 is 15.0 Å². The number of aryl methyl sites for hydroxylation is 2. The molecule has 1 saturated heterocycles. The van der Waals surface area contributed by atoms with Crippen molar-refractivity contribution in [2.75, 3.05) is 23.9 Å². The summed E-state index contributed by atoms with van der Waals surface area (Å²) in [7, 11) is 3.31. The fourth-order valence-electron chi connectivity index (χ4n) is 3.45. The van der Waals surface area contributed by atoms with E-state index in [4.69, 9.17) is 9.47 Å². The monoisotopic (exact) mass is 414 g/mol. The summed E-state index contributed by atoms with van der Waals surface area (Å²) in [5, 5.41) is 7.01. The maximum Gasteiger partial charge on any atom is 0.312 e. The van der Waals surface area contributed by atoms with E-state index in [1.54, 1.807) is 42.9 Å². The van der Waals surface area contributed by atoms with Crippen LogP contribution in [-0.4, -0.2) is 47.3 Å². The largest absolute Gasteiger partial charge is 0.495 e. The van der Waals surface area contributed by atoms with Crippen LogP contribution in [-0.2, 0) is 26.2 Å². The van der Waals surface area contributed by atoms with E-state index in [1.807, 2.05) is 6.92 Å². The molecule has 2 atom stereocenters. The van der Waals surface area contributed by atoms with Gasteiger partial charge in [-0.15, -0.1) is 0 Å². The molecule has 0 bridgehead atoms. The Hall–Kier alpha value is -3.36. The number of anilines is 2. The van der Waals surface area contributed by atoms with E-state index in [2.05, 4.69) is 10.4 Å². The second kappa shape index (κ2) is 8.56. The molecule has 1 aromatic carbocycles. The fourth-order valence-corrected chi connectivity index (χ4v) is 3.45. The molecular formula is C21H26N4O5. The number of benzene rings is 1. The minimum Gasteiger partial charge on any atom is -0.495 e. The van der Waals surface area contributed by atoms with E-state index in [-0.39, 0.29) is 18.9 Å². The number of esters is 1. The van der Waals surface area contributed by atoms with Crippen molar-refractivity contribution < 1.29 is 23.9 Å². The van der Waals surface area contributed by atoms with Crippen molar-refractivity contribution in [2.45, 2.75) is 33.3 Å². The zero-order valence-corrected chi connectivity index (χ0v) is 17.8. The zero-order chi connectivity index (χ0) is 22.0. The third-order valence-corrected chi connectivity index (χ3v) is 5.25. The average Bonchev–Trinajstić information content (AvgIpc) is 3.22. The van der Waals surface area contributed by atoms with Crippen LogP contribution >= 0.6 is 0 Å². The van der Waals surface area contributed by atoms with Gasteiger partial charge in [0.15, 0.2) is 6.10 Å². The summed E-state index contributed by atoms with van der Waals surface area (Å²) >= 11 is 0. The summed E-state index contributed by atoms with van der Waals surface area (Å²) in [6.07, 6.45) is -0.988. The molecule has 1 fully saturated rings. The molecule has 1 aromatic heterocycles. The molecule has 0 saturated carbocycles. The van der Waals surface area contributed by atoms with E-state index >= 15 is 0 Å². The minimum atomic E-state index is -1.01. The molecule has 1 aliphatic heterocycles. The van der Waals surface area contributed by atoms with Gasteiger partial charge in [0.25, 0.3) is 5.91 Å². The highest BCUT2D eigenvalue weighted by Crippen LogP contribution is 2.33. The van der Waals surface area contributed by atoms with Gasteiger partial charge in [0, 0.05) is 20.0 Å². The van der Waals surface area contributed by atoms with Gasteiger partial charge in [-0.3, -0.25) is 19.1 Å². The highest BCUT2D eigenvalue weighted by molar-refractivity contribution is 6.01. The first kappa shape index (κ1) is 21.4. The molecule has 2 heterocycles. The Bertz CT molecular complexity index is 984. The number of hydrogen-bond donors (Lipinski definition) is 1. The topological polar surface area (TPSA) is 103 Å². The summed E-state index contributed by atoms with van der Waals surface area (Å²) in [6.45, 7) is 5.30. The number of nitrogens with zero attached hydrogens (tertiary/aromatic N) is 3. The van der Waals surface area contributed by atoms with Gasteiger partial charge in [-0.1, -0.05) is 12.1 Å². The molecule has 1 aliphatic rings. The number of carbonyl (C=O) groups is 3. The molecule has 9 heteroatoms. The van der Waals surface area contributed by atoms with Crippen molar-refractivity contribution in [3.63, 3.8) is 0 Å². The third-order valence-electron chi connectivity index (χ3n) is 5.25. The van der Waals surface area contributed by atoms with E-state index in [9.17, 15) is 14.4 Å². The van der Waals surface area contributed by atoms with Crippen molar-refractivity contribution in [1.29, 1.82) is 0 Å². The smallest absolute Gasteiger partial charge is 0.312 e. The number of carbonyl (C=O) groups excluding carboxylic acids is 3. The van der Waals surface area contributed by atoms with E-state index in [0.29, 0.717) is 22.8 Å². The summed E-state index contributed by atoms with van der Waals surface area (Å²) in [6, 6.07) is 7.12. The Balaban J connectivity index is 1.63. The summed E-state index contributed by atoms with van der Waals surface area (Å²) < 4.78 is 12.3. The Kier molecular flexibility index (Phi) is 6.09. The van der Waals surface area contributed by atoms with Gasteiger partial charge < -0.3 is 19.7 Å². The molecule has 0 aliphatic carbocycles. The van der Waals surface area contributed by atoms with Crippen molar-refractivity contribution >= 4 is 29.2 Å². The van der Waals surface area contributed by atoms with Crippen LogP contribution in [0.25, 0.3) is 0 Å². The molecule has 0 spiro atoms. The molecule has 160 valence electrons. The standard InChI is InChI=1S/C21H26N4O5/c1-12-19(13(2)24(4)23-12)22-20(27)14(3)30-21(28)15-10-18(26)25(11-15)16-8-6-7-9-17(16)29-5/h6-9,14-15H,10-11H2,1-5H3,(H,22,27)/t14-,15+/m0/s1. The predicted molar refractivity (Wildman–Crippen MR) is 110 cm³/mol. The van der Waals surface area contributed by atoms with Gasteiger partial charge in [-0.25, -0.2) is 0 Å². The van der Waals surface area contributed by atoms with Gasteiger partial charge in [-0.05, 0) is 32.9 Å². The van der Waals surface area contributed by atoms with Gasteiger partial charge >= 0.3 is 5.97 Å². The van der Waals surface area contributed by atoms with Crippen LogP contribution in [0.3, 0.4) is 0 Å². The Morgan fingerprint density at radius 3 is 2.60 bits per heavy atom. The molecular weight excluding hydrogens is 388 g/mol. The molecule has 1 N–H and O–H groups in total. The van der Waals surface area contributed by atoms with E-state index in [1.165, 1.54) is 18.9 Å². The van der Waals surface area contributed by atoms with Crippen LogP contribution in [0, 0.1) is 19.8 Å². The van der Waals surface area contributed by atoms with Gasteiger partial charge in [0.1, 0.15) is 5.75 Å². The number of amides is 2. The van der Waals surface area contributed by atoms with Crippen molar-refractivity contribution in [2.24, 2.45) is 13.0 Å². The summed E-state index contributed by atoms with van der Waals surface area (Å²) in [4.78, 5) is 39.1. The van der Waals surface area contributed by atoms with Crippen molar-refractivity contribution in [1.82, 2.24) is 9.78 Å². The Morgan fingerprint density at radius 2 is 1.97 bits per heavy atom. The average molecular weight is 414 g/mol. The van der Waals surface area contributed by atoms with E-state index in [0.717, 1.165) is 5.69 Å². The Labute approximate surface area is 174 Å². The first-order valence-corrected chi connectivity index (χ1v) is 9.67. The van der Waals surface area contributed by atoms with Gasteiger partial charge in [0.05, 0.1) is 35.8 Å². The zero-order valence-electron chi connectivity index (χ0n) is 17.8. The number of methoxy groups -OCH3 is 1. The molecule has 0 radical (unpaired) electrons. The molecule has 2 aromatic rings. The second-order valence-corrected chi connectivity index (χ2v) is 7.32. The van der Waals surface area contributed by atoms with Crippen LogP contribution in [0.4, 0.5) is 11.4 Å². The molecule has 9 nitrogen and oxygen atoms in total. The second-order valence-electron chi connectivity index (χ2n) is 7.32. The quantitative estimate of drug-likeness (QED) is 0.725. The third kappa shape index (κ3) is 4.14. The van der Waals surface area contributed by atoms with Crippen LogP contribution in [0.5, 0.6) is 5.75 Å². The lowest BCUT2D eigenvalue weighted by molar-refractivity contribution is -0.157. The lowest BCUT2D eigenvalue weighted by Crippen LogP contribution is -2.33. The first-order chi connectivity index (χ1) is 14.2. The lowest BCUT2D eigenvalue weighted by atomic mass is 10.1. The minimum absolute atomic E-state index is 0.0199. The Morgan fingerprint density at radius 1 is 1.27 bits per heavy atom. The first-order valence-electron chi connectivity index (χ1n) is 9.67. The number of para-hydroxylation sites is 2. The van der Waals surface area contributed by atoms with Crippen LogP contribution in [0.1, 0.15) is 24.7 Å². The number of ether oxygens (including phenoxy) is 2. The highest BCUT2D eigenvalue weighted by Gasteiger charge is 2.38. The number of rotatable bonds is 6. The molecule has 3 rings (SSSR count). The van der Waals surface area contributed by atoms with Gasteiger partial charge in [0.2, 0.25) is 5.91 Å². The summed E-state index contributed by atoms with van der Waals surface area (Å²) in [5.74, 6) is -1.33. The number of aromatic nitrogens is 2. The fraction of sp³-hybridized carbons (Fsp3) is 0.429. The van der Waals surface area contributed by atoms with Crippen molar-refractivity contribution in [3.05, 3.63) is 35.7 Å². The SMILES string of the molecule is COc1ccccc1N1C[C@H](C(=O)O[C@@H](C)C(=O)Nc2c(C)nn(C)c2C)CC1=O.